The van der Waals surface area contributed by atoms with Crippen LogP contribution in [0.3, 0.4) is 0 Å². The molecule has 4 heteroatoms. The molecule has 1 aromatic heterocycles. The zero-order chi connectivity index (χ0) is 16.4. The van der Waals surface area contributed by atoms with E-state index in [0.717, 1.165) is 29.0 Å². The number of benzene rings is 1. The van der Waals surface area contributed by atoms with Crippen molar-refractivity contribution in [3.05, 3.63) is 58.4 Å². The van der Waals surface area contributed by atoms with E-state index in [-0.39, 0.29) is 5.91 Å². The summed E-state index contributed by atoms with van der Waals surface area (Å²) in [6, 6.07) is 8.17. The first-order valence-electron chi connectivity index (χ1n) is 7.99. The van der Waals surface area contributed by atoms with E-state index in [2.05, 4.69) is 30.2 Å². The van der Waals surface area contributed by atoms with E-state index in [1.165, 1.54) is 11.1 Å². The third-order valence-electron chi connectivity index (χ3n) is 4.33. The van der Waals surface area contributed by atoms with E-state index in [1.807, 2.05) is 31.3 Å². The number of nitrogens with one attached hydrogen (secondary N) is 1. The van der Waals surface area contributed by atoms with E-state index in [0.29, 0.717) is 13.0 Å². The van der Waals surface area contributed by atoms with Gasteiger partial charge in [-0.05, 0) is 61.6 Å². The van der Waals surface area contributed by atoms with Crippen molar-refractivity contribution >= 4 is 5.91 Å². The Morgan fingerprint density at radius 3 is 2.78 bits per heavy atom. The van der Waals surface area contributed by atoms with Crippen molar-refractivity contribution in [2.45, 2.75) is 39.7 Å². The van der Waals surface area contributed by atoms with Crippen LogP contribution in [0.25, 0.3) is 0 Å². The second kappa shape index (κ2) is 6.41. The maximum absolute atomic E-state index is 12.3. The van der Waals surface area contributed by atoms with Crippen molar-refractivity contribution in [3.63, 3.8) is 0 Å². The number of aryl methyl sites for hydroxylation is 3. The highest BCUT2D eigenvalue weighted by Crippen LogP contribution is 2.31. The number of nitrogens with zero attached hydrogens (tertiary/aromatic N) is 1. The standard InChI is InChI=1S/C19H22N2O2/c1-12-8-16-10-18(23-17(16)9-13(12)2)19(22)20-7-6-15-5-4-14(3)21-11-15/h4-5,8-9,11,18H,6-7,10H2,1-3H3,(H,20,22)/t18-/m1/s1. The summed E-state index contributed by atoms with van der Waals surface area (Å²) >= 11 is 0. The predicted octanol–water partition coefficient (Wildman–Crippen LogP) is 2.67. The first kappa shape index (κ1) is 15.5. The van der Waals surface area contributed by atoms with Gasteiger partial charge in [0.05, 0.1) is 0 Å². The van der Waals surface area contributed by atoms with Gasteiger partial charge in [0.2, 0.25) is 0 Å². The molecule has 23 heavy (non-hydrogen) atoms. The highest BCUT2D eigenvalue weighted by atomic mass is 16.5. The van der Waals surface area contributed by atoms with Gasteiger partial charge in [0.25, 0.3) is 5.91 Å². The number of amides is 1. The minimum atomic E-state index is -0.414. The van der Waals surface area contributed by atoms with E-state index >= 15 is 0 Å². The average Bonchev–Trinajstić information content (AvgIpc) is 2.92. The smallest absolute Gasteiger partial charge is 0.261 e. The summed E-state index contributed by atoms with van der Waals surface area (Å²) in [6.07, 6.45) is 2.86. The largest absolute Gasteiger partial charge is 0.480 e. The summed E-state index contributed by atoms with van der Waals surface area (Å²) in [7, 11) is 0. The van der Waals surface area contributed by atoms with E-state index < -0.39 is 6.10 Å². The van der Waals surface area contributed by atoms with Gasteiger partial charge in [0, 0.05) is 24.9 Å². The fraction of sp³-hybridized carbons (Fsp3) is 0.368. The number of aromatic nitrogens is 1. The lowest BCUT2D eigenvalue weighted by atomic mass is 10.0. The van der Waals surface area contributed by atoms with Crippen molar-refractivity contribution < 1.29 is 9.53 Å². The monoisotopic (exact) mass is 310 g/mol. The number of carbonyl (C=O) groups excluding carboxylic acids is 1. The predicted molar refractivity (Wildman–Crippen MR) is 89.7 cm³/mol. The molecule has 1 amide bonds. The summed E-state index contributed by atoms with van der Waals surface area (Å²) in [5.74, 6) is 0.799. The molecule has 0 fully saturated rings. The summed E-state index contributed by atoms with van der Waals surface area (Å²) in [5, 5.41) is 2.96. The topological polar surface area (TPSA) is 51.2 Å². The van der Waals surface area contributed by atoms with Gasteiger partial charge in [-0.15, -0.1) is 0 Å². The number of rotatable bonds is 4. The zero-order valence-electron chi connectivity index (χ0n) is 13.8. The van der Waals surface area contributed by atoms with E-state index in [1.54, 1.807) is 0 Å². The number of ether oxygens (including phenoxy) is 1. The third-order valence-corrected chi connectivity index (χ3v) is 4.33. The minimum Gasteiger partial charge on any atom is -0.480 e. The first-order valence-corrected chi connectivity index (χ1v) is 7.99. The van der Waals surface area contributed by atoms with Crippen LogP contribution in [-0.2, 0) is 17.6 Å². The van der Waals surface area contributed by atoms with Gasteiger partial charge in [0.1, 0.15) is 5.75 Å². The molecule has 0 radical (unpaired) electrons. The molecule has 1 aromatic carbocycles. The lowest BCUT2D eigenvalue weighted by Crippen LogP contribution is -2.38. The van der Waals surface area contributed by atoms with Gasteiger partial charge < -0.3 is 10.1 Å². The molecule has 1 aliphatic rings. The van der Waals surface area contributed by atoms with Crippen LogP contribution < -0.4 is 10.1 Å². The molecule has 120 valence electrons. The molecule has 2 heterocycles. The molecule has 4 nitrogen and oxygen atoms in total. The van der Waals surface area contributed by atoms with Gasteiger partial charge in [-0.25, -0.2) is 0 Å². The normalized spacial score (nSPS) is 15.9. The highest BCUT2D eigenvalue weighted by Gasteiger charge is 2.29. The van der Waals surface area contributed by atoms with Gasteiger partial charge in [-0.3, -0.25) is 9.78 Å². The molecular formula is C19H22N2O2. The molecule has 1 N–H and O–H groups in total. The molecule has 1 aliphatic heterocycles. The molecule has 0 bridgehead atoms. The van der Waals surface area contributed by atoms with Crippen molar-refractivity contribution in [3.8, 4) is 5.75 Å². The number of hydrogen-bond acceptors (Lipinski definition) is 3. The van der Waals surface area contributed by atoms with Crippen LogP contribution in [0.4, 0.5) is 0 Å². The molecule has 0 aliphatic carbocycles. The Morgan fingerprint density at radius 1 is 1.26 bits per heavy atom. The Kier molecular flexibility index (Phi) is 4.33. The summed E-state index contributed by atoms with van der Waals surface area (Å²) in [4.78, 5) is 16.5. The Labute approximate surface area is 136 Å². The summed E-state index contributed by atoms with van der Waals surface area (Å²) in [6.45, 7) is 6.70. The number of pyridine rings is 1. The van der Waals surface area contributed by atoms with Crippen molar-refractivity contribution in [1.82, 2.24) is 10.3 Å². The Balaban J connectivity index is 1.53. The van der Waals surface area contributed by atoms with Crippen molar-refractivity contribution in [2.75, 3.05) is 6.54 Å². The fourth-order valence-corrected chi connectivity index (χ4v) is 2.75. The lowest BCUT2D eigenvalue weighted by Gasteiger charge is -2.11. The Hall–Kier alpha value is -2.36. The second-order valence-electron chi connectivity index (χ2n) is 6.20. The van der Waals surface area contributed by atoms with E-state index in [9.17, 15) is 4.79 Å². The first-order chi connectivity index (χ1) is 11.0. The van der Waals surface area contributed by atoms with Crippen LogP contribution in [0, 0.1) is 20.8 Å². The Bertz CT molecular complexity index is 692. The van der Waals surface area contributed by atoms with Crippen LogP contribution in [0.1, 0.15) is 27.9 Å². The molecule has 3 rings (SSSR count). The van der Waals surface area contributed by atoms with Crippen molar-refractivity contribution in [2.24, 2.45) is 0 Å². The molecule has 0 saturated heterocycles. The quantitative estimate of drug-likeness (QED) is 0.944. The second-order valence-corrected chi connectivity index (χ2v) is 6.20. The van der Waals surface area contributed by atoms with Crippen LogP contribution in [0.5, 0.6) is 5.75 Å². The van der Waals surface area contributed by atoms with Gasteiger partial charge in [0.15, 0.2) is 6.10 Å². The molecule has 0 saturated carbocycles. The molecule has 2 aromatic rings. The lowest BCUT2D eigenvalue weighted by molar-refractivity contribution is -0.127. The van der Waals surface area contributed by atoms with Gasteiger partial charge >= 0.3 is 0 Å². The van der Waals surface area contributed by atoms with Gasteiger partial charge in [-0.1, -0.05) is 12.1 Å². The molecule has 0 spiro atoms. The number of fused-ring (bicyclic) bond motifs is 1. The Morgan fingerprint density at radius 2 is 2.04 bits per heavy atom. The molecule has 0 unspecified atom stereocenters. The van der Waals surface area contributed by atoms with Crippen LogP contribution in [0.2, 0.25) is 0 Å². The maximum Gasteiger partial charge on any atom is 0.261 e. The zero-order valence-corrected chi connectivity index (χ0v) is 13.8. The minimum absolute atomic E-state index is 0.0448. The van der Waals surface area contributed by atoms with Crippen molar-refractivity contribution in [1.29, 1.82) is 0 Å². The van der Waals surface area contributed by atoms with Gasteiger partial charge in [-0.2, -0.15) is 0 Å². The third kappa shape index (κ3) is 3.52. The summed E-state index contributed by atoms with van der Waals surface area (Å²) in [5.41, 5.74) is 5.67. The fourth-order valence-electron chi connectivity index (χ4n) is 2.75. The average molecular weight is 310 g/mol. The van der Waals surface area contributed by atoms with Crippen LogP contribution in [-0.4, -0.2) is 23.5 Å². The van der Waals surface area contributed by atoms with Crippen LogP contribution >= 0.6 is 0 Å². The maximum atomic E-state index is 12.3. The number of hydrogen-bond donors (Lipinski definition) is 1. The molecule has 1 atom stereocenters. The highest BCUT2D eigenvalue weighted by molar-refractivity contribution is 5.82. The number of carbonyl (C=O) groups is 1. The summed E-state index contributed by atoms with van der Waals surface area (Å²) < 4.78 is 5.80. The SMILES string of the molecule is Cc1ccc(CCNC(=O)[C@H]2Cc3cc(C)c(C)cc3O2)cn1. The molecular weight excluding hydrogens is 288 g/mol. The van der Waals surface area contributed by atoms with E-state index in [4.69, 9.17) is 4.74 Å². The van der Waals surface area contributed by atoms with Crippen LogP contribution in [0.15, 0.2) is 30.5 Å².